The van der Waals surface area contributed by atoms with Crippen molar-refractivity contribution in [3.63, 3.8) is 0 Å². The van der Waals surface area contributed by atoms with Crippen LogP contribution in [0.4, 0.5) is 5.69 Å². The molecule has 2 aliphatic heterocycles. The molecule has 0 bridgehead atoms. The maximum atomic E-state index is 12.5. The van der Waals surface area contributed by atoms with Gasteiger partial charge in [-0.05, 0) is 42.5 Å². The number of sulfone groups is 1. The van der Waals surface area contributed by atoms with E-state index in [4.69, 9.17) is 39.5 Å². The highest BCUT2D eigenvalue weighted by Gasteiger charge is 2.49. The van der Waals surface area contributed by atoms with Crippen LogP contribution in [-0.2, 0) is 14.6 Å². The second-order valence-electron chi connectivity index (χ2n) is 6.80. The van der Waals surface area contributed by atoms with E-state index in [2.05, 4.69) is 4.99 Å². The van der Waals surface area contributed by atoms with Crippen LogP contribution >= 0.6 is 46.6 Å². The number of rotatable bonds is 4. The van der Waals surface area contributed by atoms with Crippen LogP contribution < -0.4 is 9.64 Å². The standard InChI is InChI=1S/C19H15Cl3N2O4S2/c20-11-1-4-13(5-2-11)28-8-18(25)23-19-24(15-6-3-12(21)7-14(15)22)16-9-30(26,27)10-17(16)29-19/h1-7,16-17H,8-10H2/t16-,17-/m1/s1. The van der Waals surface area contributed by atoms with E-state index in [1.165, 1.54) is 11.8 Å². The van der Waals surface area contributed by atoms with Gasteiger partial charge in [0.05, 0.1) is 28.3 Å². The van der Waals surface area contributed by atoms with E-state index in [9.17, 15) is 13.2 Å². The Morgan fingerprint density at radius 3 is 2.50 bits per heavy atom. The number of carbonyl (C=O) groups excluding carboxylic acids is 1. The number of hydrogen-bond acceptors (Lipinski definition) is 5. The fraction of sp³-hybridized carbons (Fsp3) is 0.263. The van der Waals surface area contributed by atoms with Gasteiger partial charge in [-0.25, -0.2) is 8.42 Å². The van der Waals surface area contributed by atoms with Crippen LogP contribution in [0.5, 0.6) is 5.75 Å². The Labute approximate surface area is 193 Å². The average Bonchev–Trinajstić information content (AvgIpc) is 3.13. The maximum absolute atomic E-state index is 12.5. The molecule has 6 nitrogen and oxygen atoms in total. The highest BCUT2D eigenvalue weighted by atomic mass is 35.5. The lowest BCUT2D eigenvalue weighted by Gasteiger charge is -2.25. The van der Waals surface area contributed by atoms with Crippen molar-refractivity contribution in [1.29, 1.82) is 0 Å². The van der Waals surface area contributed by atoms with E-state index in [1.807, 2.05) is 0 Å². The number of fused-ring (bicyclic) bond motifs is 1. The Balaban J connectivity index is 1.58. The van der Waals surface area contributed by atoms with Gasteiger partial charge in [-0.3, -0.25) is 4.79 Å². The fourth-order valence-electron chi connectivity index (χ4n) is 3.34. The van der Waals surface area contributed by atoms with Gasteiger partial charge in [0.15, 0.2) is 21.6 Å². The third-order valence-electron chi connectivity index (χ3n) is 4.63. The zero-order chi connectivity index (χ0) is 21.5. The van der Waals surface area contributed by atoms with Gasteiger partial charge in [0.1, 0.15) is 5.75 Å². The first-order chi connectivity index (χ1) is 14.2. The number of hydrogen-bond donors (Lipinski definition) is 0. The third kappa shape index (κ3) is 4.73. The quantitative estimate of drug-likeness (QED) is 0.616. The van der Waals surface area contributed by atoms with Crippen molar-refractivity contribution in [1.82, 2.24) is 0 Å². The molecule has 2 heterocycles. The molecule has 2 aromatic carbocycles. The zero-order valence-electron chi connectivity index (χ0n) is 15.3. The summed E-state index contributed by atoms with van der Waals surface area (Å²) in [4.78, 5) is 18.4. The molecule has 2 fully saturated rings. The summed E-state index contributed by atoms with van der Waals surface area (Å²) in [6, 6.07) is 11.2. The predicted octanol–water partition coefficient (Wildman–Crippen LogP) is 4.33. The lowest BCUT2D eigenvalue weighted by atomic mass is 10.2. The van der Waals surface area contributed by atoms with Crippen molar-refractivity contribution >= 4 is 73.2 Å². The van der Waals surface area contributed by atoms with Crippen molar-refractivity contribution in [2.24, 2.45) is 4.99 Å². The molecule has 0 unspecified atom stereocenters. The summed E-state index contributed by atoms with van der Waals surface area (Å²) in [6.45, 7) is -0.262. The number of anilines is 1. The summed E-state index contributed by atoms with van der Waals surface area (Å²) in [5, 5.41) is 1.54. The zero-order valence-corrected chi connectivity index (χ0v) is 19.2. The lowest BCUT2D eigenvalue weighted by Crippen LogP contribution is -2.38. The normalized spacial score (nSPS) is 23.6. The summed E-state index contributed by atoms with van der Waals surface area (Å²) in [5.41, 5.74) is 0.559. The minimum absolute atomic E-state index is 0.0263. The van der Waals surface area contributed by atoms with Gasteiger partial charge in [-0.15, -0.1) is 0 Å². The highest BCUT2D eigenvalue weighted by Crippen LogP contribution is 2.43. The van der Waals surface area contributed by atoms with Gasteiger partial charge >= 0.3 is 0 Å². The first-order valence-electron chi connectivity index (χ1n) is 8.83. The molecular formula is C19H15Cl3N2O4S2. The second-order valence-corrected chi connectivity index (χ2v) is 11.4. The van der Waals surface area contributed by atoms with Crippen LogP contribution in [0.15, 0.2) is 47.5 Å². The van der Waals surface area contributed by atoms with Crippen molar-refractivity contribution in [3.8, 4) is 5.75 Å². The topological polar surface area (TPSA) is 76.0 Å². The van der Waals surface area contributed by atoms with E-state index >= 15 is 0 Å². The number of ether oxygens (including phenoxy) is 1. The summed E-state index contributed by atoms with van der Waals surface area (Å²) in [6.07, 6.45) is 0. The van der Waals surface area contributed by atoms with Crippen LogP contribution in [0.2, 0.25) is 15.1 Å². The molecule has 2 aliphatic rings. The molecule has 2 atom stereocenters. The summed E-state index contributed by atoms with van der Waals surface area (Å²) in [7, 11) is -3.18. The predicted molar refractivity (Wildman–Crippen MR) is 122 cm³/mol. The Hall–Kier alpha value is -1.45. The van der Waals surface area contributed by atoms with Crippen molar-refractivity contribution < 1.29 is 17.9 Å². The number of aliphatic imine (C=N–C) groups is 1. The van der Waals surface area contributed by atoms with Crippen LogP contribution in [0, 0.1) is 0 Å². The molecule has 11 heteroatoms. The first-order valence-corrected chi connectivity index (χ1v) is 12.7. The van der Waals surface area contributed by atoms with Gasteiger partial charge in [0, 0.05) is 15.3 Å². The largest absolute Gasteiger partial charge is 0.484 e. The minimum atomic E-state index is -3.18. The molecule has 2 aromatic rings. The summed E-state index contributed by atoms with van der Waals surface area (Å²) < 4.78 is 29.7. The van der Waals surface area contributed by atoms with Crippen molar-refractivity contribution in [3.05, 3.63) is 57.5 Å². The molecule has 0 N–H and O–H groups in total. The molecule has 0 saturated carbocycles. The van der Waals surface area contributed by atoms with E-state index in [0.29, 0.717) is 31.7 Å². The Morgan fingerprint density at radius 2 is 1.80 bits per heavy atom. The van der Waals surface area contributed by atoms with E-state index in [0.717, 1.165) is 0 Å². The van der Waals surface area contributed by atoms with Crippen LogP contribution in [0.1, 0.15) is 0 Å². The number of carbonyl (C=O) groups is 1. The second kappa shape index (κ2) is 8.59. The summed E-state index contributed by atoms with van der Waals surface area (Å²) >= 11 is 19.5. The highest BCUT2D eigenvalue weighted by molar-refractivity contribution is 8.16. The number of thioether (sulfide) groups is 1. The first kappa shape index (κ1) is 21.8. The summed E-state index contributed by atoms with van der Waals surface area (Å²) in [5.74, 6) is -0.00523. The van der Waals surface area contributed by atoms with Crippen LogP contribution in [0.3, 0.4) is 0 Å². The number of amidine groups is 1. The molecule has 0 aliphatic carbocycles. The fourth-order valence-corrected chi connectivity index (χ4v) is 7.89. The third-order valence-corrected chi connectivity index (χ3v) is 8.63. The van der Waals surface area contributed by atoms with Crippen LogP contribution in [0.25, 0.3) is 0 Å². The SMILES string of the molecule is O=C(COc1ccc(Cl)cc1)N=C1S[C@@H]2CS(=O)(=O)C[C@H]2N1c1ccc(Cl)cc1Cl. The minimum Gasteiger partial charge on any atom is -0.484 e. The Kier molecular flexibility index (Phi) is 6.23. The lowest BCUT2D eigenvalue weighted by molar-refractivity contribution is -0.119. The monoisotopic (exact) mass is 504 g/mol. The average molecular weight is 506 g/mol. The van der Waals surface area contributed by atoms with E-state index < -0.39 is 15.7 Å². The molecule has 0 spiro atoms. The van der Waals surface area contributed by atoms with E-state index in [1.54, 1.807) is 47.4 Å². The van der Waals surface area contributed by atoms with Crippen LogP contribution in [-0.4, -0.2) is 48.9 Å². The van der Waals surface area contributed by atoms with Gasteiger partial charge in [-0.1, -0.05) is 46.6 Å². The van der Waals surface area contributed by atoms with Gasteiger partial charge in [-0.2, -0.15) is 4.99 Å². The van der Waals surface area contributed by atoms with Gasteiger partial charge < -0.3 is 9.64 Å². The van der Waals surface area contributed by atoms with E-state index in [-0.39, 0.29) is 29.4 Å². The molecular weight excluding hydrogens is 491 g/mol. The number of halogens is 3. The molecule has 2 saturated heterocycles. The number of amides is 1. The smallest absolute Gasteiger partial charge is 0.285 e. The van der Waals surface area contributed by atoms with Gasteiger partial charge in [0.2, 0.25) is 0 Å². The molecule has 0 radical (unpaired) electrons. The van der Waals surface area contributed by atoms with Gasteiger partial charge in [0.25, 0.3) is 5.91 Å². The Morgan fingerprint density at radius 1 is 1.10 bits per heavy atom. The molecule has 30 heavy (non-hydrogen) atoms. The van der Waals surface area contributed by atoms with Crippen molar-refractivity contribution in [2.45, 2.75) is 11.3 Å². The Bertz CT molecular complexity index is 1120. The molecule has 4 rings (SSSR count). The molecule has 0 aromatic heterocycles. The van der Waals surface area contributed by atoms with Crippen molar-refractivity contribution in [2.75, 3.05) is 23.0 Å². The molecule has 1 amide bonds. The maximum Gasteiger partial charge on any atom is 0.285 e. The number of nitrogens with zero attached hydrogens (tertiary/aromatic N) is 2. The number of benzene rings is 2. The molecule has 158 valence electrons.